The molecular weight excluding hydrogens is 402 g/mol. The monoisotopic (exact) mass is 433 g/mol. The largest absolute Gasteiger partial charge is 0.463 e. The summed E-state index contributed by atoms with van der Waals surface area (Å²) in [5.41, 5.74) is 5.79. The van der Waals surface area contributed by atoms with E-state index < -0.39 is 0 Å². The first kappa shape index (κ1) is 20.9. The standard InChI is InChI=1S/C25H31N5O2/c1-18-20-10-11-23(31)27-24(20)28-25(26-18)32-17-3-2-12-29-13-15-30(16-14-29)22-9-5-7-19-6-4-8-21(19)22/h5,7,9-11H,2-4,6,8,12-17H2,1H3,(H,26,27,28,31). The molecule has 1 aliphatic heterocycles. The fourth-order valence-corrected chi connectivity index (χ4v) is 4.94. The lowest BCUT2D eigenvalue weighted by molar-refractivity contribution is 0.234. The summed E-state index contributed by atoms with van der Waals surface area (Å²) < 4.78 is 5.77. The predicted octanol–water partition coefficient (Wildman–Crippen LogP) is 3.10. The smallest absolute Gasteiger partial charge is 0.318 e. The van der Waals surface area contributed by atoms with E-state index in [0.717, 1.165) is 56.6 Å². The number of piperazine rings is 1. The normalized spacial score (nSPS) is 16.5. The molecule has 5 rings (SSSR count). The Labute approximate surface area is 188 Å². The molecule has 32 heavy (non-hydrogen) atoms. The quantitative estimate of drug-likeness (QED) is 0.577. The van der Waals surface area contributed by atoms with E-state index in [1.807, 2.05) is 6.92 Å². The van der Waals surface area contributed by atoms with Crippen molar-refractivity contribution >= 4 is 16.7 Å². The number of rotatable bonds is 7. The van der Waals surface area contributed by atoms with Gasteiger partial charge in [-0.25, -0.2) is 0 Å². The van der Waals surface area contributed by atoms with Crippen LogP contribution in [0.3, 0.4) is 0 Å². The average molecular weight is 434 g/mol. The molecule has 168 valence electrons. The van der Waals surface area contributed by atoms with Gasteiger partial charge in [-0.2, -0.15) is 9.97 Å². The Kier molecular flexibility index (Phi) is 6.08. The number of unbranched alkanes of at least 4 members (excludes halogenated alkanes) is 1. The van der Waals surface area contributed by atoms with E-state index in [1.165, 1.54) is 31.0 Å². The second kappa shape index (κ2) is 9.28. The summed E-state index contributed by atoms with van der Waals surface area (Å²) in [6.07, 6.45) is 5.83. The number of nitrogens with one attached hydrogen (secondary N) is 1. The molecule has 1 saturated heterocycles. The van der Waals surface area contributed by atoms with E-state index in [1.54, 1.807) is 17.2 Å². The maximum atomic E-state index is 11.5. The Balaban J connectivity index is 1.06. The van der Waals surface area contributed by atoms with Gasteiger partial charge in [-0.15, -0.1) is 0 Å². The number of benzene rings is 1. The van der Waals surface area contributed by atoms with Crippen LogP contribution in [-0.4, -0.2) is 59.2 Å². The molecule has 0 radical (unpaired) electrons. The van der Waals surface area contributed by atoms with E-state index >= 15 is 0 Å². The Morgan fingerprint density at radius 3 is 2.78 bits per heavy atom. The maximum absolute atomic E-state index is 11.5. The highest BCUT2D eigenvalue weighted by Crippen LogP contribution is 2.31. The zero-order valence-electron chi connectivity index (χ0n) is 18.8. The lowest BCUT2D eigenvalue weighted by atomic mass is 10.1. The summed E-state index contributed by atoms with van der Waals surface area (Å²) in [7, 11) is 0. The molecule has 1 N–H and O–H groups in total. The number of aromatic nitrogens is 3. The van der Waals surface area contributed by atoms with Crippen molar-refractivity contribution in [2.24, 2.45) is 0 Å². The summed E-state index contributed by atoms with van der Waals surface area (Å²) in [5.74, 6) is 0. The van der Waals surface area contributed by atoms with Crippen molar-refractivity contribution in [3.05, 3.63) is 57.5 Å². The third-order valence-electron chi connectivity index (χ3n) is 6.69. The summed E-state index contributed by atoms with van der Waals surface area (Å²) in [6, 6.07) is 10.4. The molecule has 7 heteroatoms. The van der Waals surface area contributed by atoms with Gasteiger partial charge in [0.15, 0.2) is 0 Å². The van der Waals surface area contributed by atoms with E-state index in [-0.39, 0.29) is 5.56 Å². The highest BCUT2D eigenvalue weighted by atomic mass is 16.5. The second-order valence-corrected chi connectivity index (χ2v) is 8.83. The SMILES string of the molecule is Cc1nc(OCCCCN2CCN(c3cccc4c3CCC4)CC2)nc2[nH]c(=O)ccc12. The van der Waals surface area contributed by atoms with Gasteiger partial charge in [0.25, 0.3) is 0 Å². The summed E-state index contributed by atoms with van der Waals surface area (Å²) in [5, 5.41) is 0.844. The Morgan fingerprint density at radius 2 is 1.91 bits per heavy atom. The number of ether oxygens (including phenoxy) is 1. The molecular formula is C25H31N5O2. The Bertz CT molecular complexity index is 1150. The zero-order valence-corrected chi connectivity index (χ0v) is 18.8. The average Bonchev–Trinajstić information content (AvgIpc) is 3.28. The molecule has 2 aliphatic rings. The van der Waals surface area contributed by atoms with Crippen molar-refractivity contribution < 1.29 is 4.74 Å². The minimum atomic E-state index is -0.168. The number of aryl methyl sites for hydroxylation is 2. The second-order valence-electron chi connectivity index (χ2n) is 8.83. The van der Waals surface area contributed by atoms with Crippen LogP contribution >= 0.6 is 0 Å². The summed E-state index contributed by atoms with van der Waals surface area (Å²) in [6.45, 7) is 8.02. The van der Waals surface area contributed by atoms with Crippen LogP contribution in [0.25, 0.3) is 11.0 Å². The maximum Gasteiger partial charge on any atom is 0.318 e. The first-order valence-corrected chi connectivity index (χ1v) is 11.8. The summed E-state index contributed by atoms with van der Waals surface area (Å²) in [4.78, 5) is 28.2. The van der Waals surface area contributed by atoms with Gasteiger partial charge in [0, 0.05) is 43.3 Å². The number of fused-ring (bicyclic) bond motifs is 2. The molecule has 1 fully saturated rings. The molecule has 0 atom stereocenters. The number of hydrogen-bond donors (Lipinski definition) is 1. The first-order chi connectivity index (χ1) is 15.7. The topological polar surface area (TPSA) is 74.3 Å². The molecule has 2 aromatic heterocycles. The molecule has 0 bridgehead atoms. The molecule has 1 aromatic carbocycles. The van der Waals surface area contributed by atoms with Crippen LogP contribution in [0, 0.1) is 6.92 Å². The van der Waals surface area contributed by atoms with Crippen molar-refractivity contribution in [1.82, 2.24) is 19.9 Å². The van der Waals surface area contributed by atoms with Gasteiger partial charge < -0.3 is 14.6 Å². The number of aromatic amines is 1. The third kappa shape index (κ3) is 4.48. The molecule has 3 heterocycles. The highest BCUT2D eigenvalue weighted by molar-refractivity contribution is 5.76. The zero-order chi connectivity index (χ0) is 21.9. The number of hydrogen-bond acceptors (Lipinski definition) is 6. The molecule has 0 unspecified atom stereocenters. The summed E-state index contributed by atoms with van der Waals surface area (Å²) >= 11 is 0. The van der Waals surface area contributed by atoms with Gasteiger partial charge in [0.05, 0.1) is 12.3 Å². The van der Waals surface area contributed by atoms with Gasteiger partial charge in [-0.05, 0) is 68.8 Å². The van der Waals surface area contributed by atoms with E-state index in [4.69, 9.17) is 4.74 Å². The molecule has 1 aliphatic carbocycles. The van der Waals surface area contributed by atoms with Crippen LogP contribution < -0.4 is 15.2 Å². The van der Waals surface area contributed by atoms with Gasteiger partial charge in [0.1, 0.15) is 5.65 Å². The third-order valence-corrected chi connectivity index (χ3v) is 6.69. The lowest BCUT2D eigenvalue weighted by Crippen LogP contribution is -2.47. The number of pyridine rings is 1. The Hall–Kier alpha value is -2.93. The van der Waals surface area contributed by atoms with Gasteiger partial charge in [-0.1, -0.05) is 12.1 Å². The predicted molar refractivity (Wildman–Crippen MR) is 127 cm³/mol. The van der Waals surface area contributed by atoms with Crippen molar-refractivity contribution in [3.63, 3.8) is 0 Å². The van der Waals surface area contributed by atoms with E-state index in [0.29, 0.717) is 18.3 Å². The lowest BCUT2D eigenvalue weighted by Gasteiger charge is -2.37. The highest BCUT2D eigenvalue weighted by Gasteiger charge is 2.22. The van der Waals surface area contributed by atoms with E-state index in [9.17, 15) is 4.79 Å². The van der Waals surface area contributed by atoms with Crippen LogP contribution in [0.4, 0.5) is 5.69 Å². The fourth-order valence-electron chi connectivity index (χ4n) is 4.94. The van der Waals surface area contributed by atoms with Gasteiger partial charge in [-0.3, -0.25) is 9.69 Å². The van der Waals surface area contributed by atoms with Crippen LogP contribution in [0.2, 0.25) is 0 Å². The van der Waals surface area contributed by atoms with Crippen LogP contribution in [0.15, 0.2) is 35.1 Å². The minimum absolute atomic E-state index is 0.168. The molecule has 3 aromatic rings. The van der Waals surface area contributed by atoms with Gasteiger partial charge >= 0.3 is 6.01 Å². The van der Waals surface area contributed by atoms with Crippen LogP contribution in [0.1, 0.15) is 36.1 Å². The van der Waals surface area contributed by atoms with Gasteiger partial charge in [0.2, 0.25) is 5.56 Å². The van der Waals surface area contributed by atoms with Crippen LogP contribution in [0.5, 0.6) is 6.01 Å². The molecule has 0 amide bonds. The van der Waals surface area contributed by atoms with Crippen molar-refractivity contribution in [3.8, 4) is 6.01 Å². The van der Waals surface area contributed by atoms with E-state index in [2.05, 4.69) is 43.0 Å². The molecule has 7 nitrogen and oxygen atoms in total. The number of anilines is 1. The van der Waals surface area contributed by atoms with Crippen molar-refractivity contribution in [1.29, 1.82) is 0 Å². The Morgan fingerprint density at radius 1 is 1.03 bits per heavy atom. The minimum Gasteiger partial charge on any atom is -0.463 e. The molecule has 0 spiro atoms. The molecule has 0 saturated carbocycles. The fraction of sp³-hybridized carbons (Fsp3) is 0.480. The first-order valence-electron chi connectivity index (χ1n) is 11.8. The van der Waals surface area contributed by atoms with Crippen molar-refractivity contribution in [2.75, 3.05) is 44.2 Å². The van der Waals surface area contributed by atoms with Crippen molar-refractivity contribution in [2.45, 2.75) is 39.0 Å². The number of H-pyrrole nitrogens is 1. The van der Waals surface area contributed by atoms with Crippen LogP contribution in [-0.2, 0) is 12.8 Å². The number of nitrogens with zero attached hydrogens (tertiary/aromatic N) is 4.